The molecule has 108 valence electrons. The van der Waals surface area contributed by atoms with Crippen LogP contribution in [-0.2, 0) is 4.79 Å². The van der Waals surface area contributed by atoms with Crippen LogP contribution in [0, 0.1) is 6.92 Å². The van der Waals surface area contributed by atoms with E-state index in [-0.39, 0.29) is 16.8 Å². The van der Waals surface area contributed by atoms with Gasteiger partial charge < -0.3 is 10.6 Å². The van der Waals surface area contributed by atoms with Crippen molar-refractivity contribution in [1.29, 1.82) is 0 Å². The summed E-state index contributed by atoms with van der Waals surface area (Å²) in [6.07, 6.45) is 2.67. The molecular weight excluding hydrogens is 292 g/mol. The van der Waals surface area contributed by atoms with Gasteiger partial charge in [0, 0.05) is 18.3 Å². The zero-order chi connectivity index (χ0) is 15.4. The van der Waals surface area contributed by atoms with Crippen LogP contribution in [0.1, 0.15) is 23.0 Å². The maximum absolute atomic E-state index is 12.0. The summed E-state index contributed by atoms with van der Waals surface area (Å²) in [5.41, 5.74) is 2.18. The monoisotopic (exact) mass is 304 g/mol. The highest BCUT2D eigenvalue weighted by Crippen LogP contribution is 2.20. The first-order valence-electron chi connectivity index (χ1n) is 6.13. The first kappa shape index (κ1) is 14.9. The molecule has 1 aromatic heterocycles. The van der Waals surface area contributed by atoms with E-state index < -0.39 is 5.91 Å². The SMILES string of the molecule is CC(=O)Nc1cc(NC(=O)c2cncc(Cl)n2)ccc1C. The summed E-state index contributed by atoms with van der Waals surface area (Å²) in [7, 11) is 0. The highest BCUT2D eigenvalue weighted by atomic mass is 35.5. The van der Waals surface area contributed by atoms with Gasteiger partial charge in [0.1, 0.15) is 10.8 Å². The summed E-state index contributed by atoms with van der Waals surface area (Å²) in [6.45, 7) is 3.28. The van der Waals surface area contributed by atoms with Gasteiger partial charge >= 0.3 is 0 Å². The van der Waals surface area contributed by atoms with Crippen molar-refractivity contribution < 1.29 is 9.59 Å². The number of aromatic nitrogens is 2. The smallest absolute Gasteiger partial charge is 0.275 e. The Morgan fingerprint density at radius 3 is 2.62 bits per heavy atom. The quantitative estimate of drug-likeness (QED) is 0.913. The summed E-state index contributed by atoms with van der Waals surface area (Å²) in [6, 6.07) is 5.20. The molecular formula is C14H13ClN4O2. The van der Waals surface area contributed by atoms with Gasteiger partial charge in [-0.25, -0.2) is 4.98 Å². The summed E-state index contributed by atoms with van der Waals surface area (Å²) in [5, 5.41) is 5.52. The summed E-state index contributed by atoms with van der Waals surface area (Å²) in [5.74, 6) is -0.607. The van der Waals surface area contributed by atoms with Crippen molar-refractivity contribution in [2.45, 2.75) is 13.8 Å². The minimum atomic E-state index is -0.428. The molecule has 0 saturated heterocycles. The first-order chi connectivity index (χ1) is 9.95. The van der Waals surface area contributed by atoms with Crippen LogP contribution in [0.25, 0.3) is 0 Å². The molecule has 0 unspecified atom stereocenters. The van der Waals surface area contributed by atoms with Gasteiger partial charge in [0.2, 0.25) is 5.91 Å². The molecule has 7 heteroatoms. The average Bonchev–Trinajstić information content (AvgIpc) is 2.42. The molecule has 0 atom stereocenters. The minimum Gasteiger partial charge on any atom is -0.326 e. The van der Waals surface area contributed by atoms with Crippen LogP contribution < -0.4 is 10.6 Å². The van der Waals surface area contributed by atoms with Gasteiger partial charge in [0.05, 0.1) is 12.4 Å². The maximum atomic E-state index is 12.0. The number of benzene rings is 1. The van der Waals surface area contributed by atoms with E-state index in [0.717, 1.165) is 5.56 Å². The van der Waals surface area contributed by atoms with Crippen LogP contribution in [0.4, 0.5) is 11.4 Å². The number of carbonyl (C=O) groups is 2. The summed E-state index contributed by atoms with van der Waals surface area (Å²) >= 11 is 5.69. The topological polar surface area (TPSA) is 84.0 Å². The average molecular weight is 305 g/mol. The van der Waals surface area contributed by atoms with Gasteiger partial charge in [0.15, 0.2) is 0 Å². The van der Waals surface area contributed by atoms with Gasteiger partial charge in [-0.05, 0) is 24.6 Å². The minimum absolute atomic E-state index is 0.115. The van der Waals surface area contributed by atoms with Crippen molar-refractivity contribution in [3.05, 3.63) is 47.0 Å². The van der Waals surface area contributed by atoms with E-state index in [9.17, 15) is 9.59 Å². The van der Waals surface area contributed by atoms with E-state index in [1.54, 1.807) is 18.2 Å². The Labute approximate surface area is 126 Å². The third-order valence-electron chi connectivity index (χ3n) is 2.64. The zero-order valence-corrected chi connectivity index (χ0v) is 12.2. The number of aryl methyl sites for hydroxylation is 1. The van der Waals surface area contributed by atoms with E-state index in [1.165, 1.54) is 19.3 Å². The van der Waals surface area contributed by atoms with Crippen LogP contribution in [0.3, 0.4) is 0 Å². The molecule has 0 aliphatic heterocycles. The van der Waals surface area contributed by atoms with Gasteiger partial charge in [0.25, 0.3) is 5.91 Å². The van der Waals surface area contributed by atoms with Gasteiger partial charge in [-0.1, -0.05) is 17.7 Å². The molecule has 1 heterocycles. The van der Waals surface area contributed by atoms with Gasteiger partial charge in [-0.2, -0.15) is 0 Å². The summed E-state index contributed by atoms with van der Waals surface area (Å²) < 4.78 is 0. The second-order valence-corrected chi connectivity index (χ2v) is 4.78. The predicted molar refractivity (Wildman–Crippen MR) is 80.5 cm³/mol. The Hall–Kier alpha value is -2.47. The molecule has 1 aromatic carbocycles. The van der Waals surface area contributed by atoms with E-state index >= 15 is 0 Å². The lowest BCUT2D eigenvalue weighted by Gasteiger charge is -2.10. The number of rotatable bonds is 3. The van der Waals surface area contributed by atoms with Gasteiger partial charge in [-0.15, -0.1) is 0 Å². The van der Waals surface area contributed by atoms with E-state index in [4.69, 9.17) is 11.6 Å². The van der Waals surface area contributed by atoms with Gasteiger partial charge in [-0.3, -0.25) is 14.6 Å². The molecule has 0 spiro atoms. The number of amides is 2. The fraction of sp³-hybridized carbons (Fsp3) is 0.143. The van der Waals surface area contributed by atoms with Crippen molar-refractivity contribution in [2.24, 2.45) is 0 Å². The number of nitrogens with zero attached hydrogens (tertiary/aromatic N) is 2. The van der Waals surface area contributed by atoms with Crippen molar-refractivity contribution in [2.75, 3.05) is 10.6 Å². The Morgan fingerprint density at radius 2 is 1.95 bits per heavy atom. The van der Waals surface area contributed by atoms with Crippen LogP contribution in [0.15, 0.2) is 30.6 Å². The van der Waals surface area contributed by atoms with Crippen LogP contribution in [0.2, 0.25) is 5.15 Å². The standard InChI is InChI=1S/C14H13ClN4O2/c1-8-3-4-10(5-11(8)17-9(2)20)18-14(21)12-6-16-7-13(15)19-12/h3-7H,1-2H3,(H,17,20)(H,18,21). The zero-order valence-electron chi connectivity index (χ0n) is 11.5. The molecule has 0 aliphatic carbocycles. The number of anilines is 2. The van der Waals surface area contributed by atoms with E-state index in [0.29, 0.717) is 11.4 Å². The Morgan fingerprint density at radius 1 is 1.19 bits per heavy atom. The van der Waals surface area contributed by atoms with Crippen LogP contribution in [0.5, 0.6) is 0 Å². The van der Waals surface area contributed by atoms with Crippen molar-refractivity contribution in [3.8, 4) is 0 Å². The van der Waals surface area contributed by atoms with E-state index in [2.05, 4.69) is 20.6 Å². The second-order valence-electron chi connectivity index (χ2n) is 4.39. The summed E-state index contributed by atoms with van der Waals surface area (Å²) in [4.78, 5) is 30.8. The molecule has 2 aromatic rings. The van der Waals surface area contributed by atoms with Crippen LogP contribution in [-0.4, -0.2) is 21.8 Å². The Balaban J connectivity index is 2.19. The molecule has 0 aliphatic rings. The third kappa shape index (κ3) is 4.00. The fourth-order valence-corrected chi connectivity index (χ4v) is 1.82. The Kier molecular flexibility index (Phi) is 4.49. The third-order valence-corrected chi connectivity index (χ3v) is 2.83. The molecule has 21 heavy (non-hydrogen) atoms. The molecule has 2 N–H and O–H groups in total. The van der Waals surface area contributed by atoms with Crippen molar-refractivity contribution in [1.82, 2.24) is 9.97 Å². The van der Waals surface area contributed by atoms with Crippen molar-refractivity contribution in [3.63, 3.8) is 0 Å². The molecule has 0 fully saturated rings. The Bertz CT molecular complexity index is 703. The molecule has 2 amide bonds. The molecule has 6 nitrogen and oxygen atoms in total. The van der Waals surface area contributed by atoms with Crippen molar-refractivity contribution >= 4 is 34.8 Å². The number of hydrogen-bond acceptors (Lipinski definition) is 4. The number of nitrogens with one attached hydrogen (secondary N) is 2. The lowest BCUT2D eigenvalue weighted by molar-refractivity contribution is -0.114. The van der Waals surface area contributed by atoms with Crippen LogP contribution >= 0.6 is 11.6 Å². The lowest BCUT2D eigenvalue weighted by atomic mass is 10.1. The maximum Gasteiger partial charge on any atom is 0.275 e. The molecule has 2 rings (SSSR count). The highest BCUT2D eigenvalue weighted by Gasteiger charge is 2.10. The second kappa shape index (κ2) is 6.32. The molecule has 0 bridgehead atoms. The molecule has 0 saturated carbocycles. The fourth-order valence-electron chi connectivity index (χ4n) is 1.67. The number of halogens is 1. The first-order valence-corrected chi connectivity index (χ1v) is 6.50. The molecule has 0 radical (unpaired) electrons. The lowest BCUT2D eigenvalue weighted by Crippen LogP contribution is -2.15. The predicted octanol–water partition coefficient (Wildman–Crippen LogP) is 2.65. The number of hydrogen-bond donors (Lipinski definition) is 2. The largest absolute Gasteiger partial charge is 0.326 e. The van der Waals surface area contributed by atoms with E-state index in [1.807, 2.05) is 6.92 Å². The number of carbonyl (C=O) groups excluding carboxylic acids is 2. The normalized spacial score (nSPS) is 10.0. The highest BCUT2D eigenvalue weighted by molar-refractivity contribution is 6.29.